The molecule has 0 aliphatic rings. The third-order valence-corrected chi connectivity index (χ3v) is 4.57. The lowest BCUT2D eigenvalue weighted by atomic mass is 9.94. The molecule has 0 heterocycles. The molecule has 1 atom stereocenters. The van der Waals surface area contributed by atoms with Gasteiger partial charge in [0.15, 0.2) is 0 Å². The van der Waals surface area contributed by atoms with E-state index in [-0.39, 0.29) is 6.04 Å². The highest BCUT2D eigenvalue weighted by atomic mass is 79.9. The summed E-state index contributed by atoms with van der Waals surface area (Å²) in [5.74, 6) is 0.969. The van der Waals surface area contributed by atoms with Gasteiger partial charge in [0, 0.05) is 10.0 Å². The van der Waals surface area contributed by atoms with Crippen LogP contribution in [-0.2, 0) is 0 Å². The Kier molecular flexibility index (Phi) is 5.43. The summed E-state index contributed by atoms with van der Waals surface area (Å²) >= 11 is 3.66. The molecule has 0 fully saturated rings. The average molecular weight is 348 g/mol. The Bertz CT molecular complexity index is 625. The minimum absolute atomic E-state index is 0.111. The Labute approximate surface area is 135 Å². The quantitative estimate of drug-likeness (QED) is 0.840. The van der Waals surface area contributed by atoms with Gasteiger partial charge in [-0.2, -0.15) is 0 Å². The van der Waals surface area contributed by atoms with E-state index in [9.17, 15) is 0 Å². The van der Waals surface area contributed by atoms with E-state index in [0.29, 0.717) is 0 Å². The maximum atomic E-state index is 5.69. The van der Waals surface area contributed by atoms with E-state index in [1.807, 2.05) is 6.07 Å². The lowest BCUT2D eigenvalue weighted by Crippen LogP contribution is -2.23. The third kappa shape index (κ3) is 3.30. The number of hydrogen-bond donors (Lipinski definition) is 1. The molecule has 2 nitrogen and oxygen atoms in total. The van der Waals surface area contributed by atoms with Crippen LogP contribution < -0.4 is 10.1 Å². The minimum atomic E-state index is 0.111. The standard InChI is InChI=1S/C18H22BrNO/c1-5-20-17(14-8-6-7-9-16(14)19)15-11-10-12(2)13(3)18(15)21-4/h6-11,17,20H,5H2,1-4H3. The summed E-state index contributed by atoms with van der Waals surface area (Å²) in [4.78, 5) is 0. The van der Waals surface area contributed by atoms with Crippen molar-refractivity contribution in [2.24, 2.45) is 0 Å². The lowest BCUT2D eigenvalue weighted by Gasteiger charge is -2.24. The Hall–Kier alpha value is -1.32. The Morgan fingerprint density at radius 1 is 1.10 bits per heavy atom. The second kappa shape index (κ2) is 7.10. The molecule has 0 aliphatic heterocycles. The largest absolute Gasteiger partial charge is 0.496 e. The average Bonchev–Trinajstić information content (AvgIpc) is 2.48. The molecule has 0 spiro atoms. The number of rotatable bonds is 5. The van der Waals surface area contributed by atoms with Crippen LogP contribution in [0, 0.1) is 13.8 Å². The van der Waals surface area contributed by atoms with Crippen molar-refractivity contribution in [2.75, 3.05) is 13.7 Å². The first kappa shape index (κ1) is 16.1. The number of nitrogens with one attached hydrogen (secondary N) is 1. The summed E-state index contributed by atoms with van der Waals surface area (Å²) in [6, 6.07) is 12.8. The van der Waals surface area contributed by atoms with Gasteiger partial charge in [0.1, 0.15) is 5.75 Å². The number of benzene rings is 2. The van der Waals surface area contributed by atoms with Crippen molar-refractivity contribution in [1.82, 2.24) is 5.32 Å². The molecule has 0 aromatic heterocycles. The molecule has 3 heteroatoms. The van der Waals surface area contributed by atoms with Gasteiger partial charge in [-0.3, -0.25) is 0 Å². The molecule has 0 saturated carbocycles. The summed E-state index contributed by atoms with van der Waals surface area (Å²) in [6.07, 6.45) is 0. The highest BCUT2D eigenvalue weighted by molar-refractivity contribution is 9.10. The molecule has 21 heavy (non-hydrogen) atoms. The second-order valence-corrected chi connectivity index (χ2v) is 6.00. The first-order chi connectivity index (χ1) is 10.1. The fraction of sp³-hybridized carbons (Fsp3) is 0.333. The van der Waals surface area contributed by atoms with Gasteiger partial charge in [-0.1, -0.05) is 53.2 Å². The van der Waals surface area contributed by atoms with Crippen LogP contribution in [0.2, 0.25) is 0 Å². The zero-order valence-electron chi connectivity index (χ0n) is 13.0. The molecular formula is C18H22BrNO. The van der Waals surface area contributed by atoms with Crippen molar-refractivity contribution in [3.8, 4) is 5.75 Å². The van der Waals surface area contributed by atoms with E-state index < -0.39 is 0 Å². The fourth-order valence-electron chi connectivity index (χ4n) is 2.61. The van der Waals surface area contributed by atoms with Gasteiger partial charge in [0.2, 0.25) is 0 Å². The highest BCUT2D eigenvalue weighted by Gasteiger charge is 2.21. The van der Waals surface area contributed by atoms with Crippen molar-refractivity contribution in [2.45, 2.75) is 26.8 Å². The predicted octanol–water partition coefficient (Wildman–Crippen LogP) is 4.77. The van der Waals surface area contributed by atoms with Gasteiger partial charge >= 0.3 is 0 Å². The second-order valence-electron chi connectivity index (χ2n) is 5.14. The minimum Gasteiger partial charge on any atom is -0.496 e. The fourth-order valence-corrected chi connectivity index (χ4v) is 3.12. The number of ether oxygens (including phenoxy) is 1. The monoisotopic (exact) mass is 347 g/mol. The van der Waals surface area contributed by atoms with Gasteiger partial charge in [-0.15, -0.1) is 0 Å². The number of methoxy groups -OCH3 is 1. The lowest BCUT2D eigenvalue weighted by molar-refractivity contribution is 0.400. The van der Waals surface area contributed by atoms with E-state index >= 15 is 0 Å². The molecule has 2 aromatic carbocycles. The predicted molar refractivity (Wildman–Crippen MR) is 92.1 cm³/mol. The maximum Gasteiger partial charge on any atom is 0.127 e. The molecule has 0 saturated heterocycles. The van der Waals surface area contributed by atoms with Crippen molar-refractivity contribution >= 4 is 15.9 Å². The van der Waals surface area contributed by atoms with Gasteiger partial charge in [0.05, 0.1) is 13.2 Å². The molecule has 0 bridgehead atoms. The van der Waals surface area contributed by atoms with Gasteiger partial charge in [-0.25, -0.2) is 0 Å². The molecule has 0 radical (unpaired) electrons. The zero-order chi connectivity index (χ0) is 15.4. The zero-order valence-corrected chi connectivity index (χ0v) is 14.6. The van der Waals surface area contributed by atoms with Crippen LogP contribution in [-0.4, -0.2) is 13.7 Å². The van der Waals surface area contributed by atoms with E-state index in [1.165, 1.54) is 22.3 Å². The molecule has 112 valence electrons. The first-order valence-electron chi connectivity index (χ1n) is 7.22. The van der Waals surface area contributed by atoms with Crippen molar-refractivity contribution < 1.29 is 4.74 Å². The number of halogens is 1. The van der Waals surface area contributed by atoms with Crippen LogP contribution in [0.4, 0.5) is 0 Å². The molecule has 1 unspecified atom stereocenters. The molecule has 2 aromatic rings. The van der Waals surface area contributed by atoms with Gasteiger partial charge in [-0.05, 0) is 43.1 Å². The third-order valence-electron chi connectivity index (χ3n) is 3.85. The van der Waals surface area contributed by atoms with Crippen molar-refractivity contribution in [1.29, 1.82) is 0 Å². The summed E-state index contributed by atoms with van der Waals surface area (Å²) in [7, 11) is 1.74. The Morgan fingerprint density at radius 3 is 2.43 bits per heavy atom. The number of hydrogen-bond acceptors (Lipinski definition) is 2. The summed E-state index contributed by atoms with van der Waals surface area (Å²) in [6.45, 7) is 7.24. The summed E-state index contributed by atoms with van der Waals surface area (Å²) < 4.78 is 6.80. The topological polar surface area (TPSA) is 21.3 Å². The summed E-state index contributed by atoms with van der Waals surface area (Å²) in [5, 5.41) is 3.57. The van der Waals surface area contributed by atoms with Crippen LogP contribution >= 0.6 is 15.9 Å². The molecule has 1 N–H and O–H groups in total. The number of aryl methyl sites for hydroxylation is 1. The molecule has 2 rings (SSSR count). The smallest absolute Gasteiger partial charge is 0.127 e. The Morgan fingerprint density at radius 2 is 1.81 bits per heavy atom. The molecular weight excluding hydrogens is 326 g/mol. The van der Waals surface area contributed by atoms with Crippen molar-refractivity contribution in [3.05, 3.63) is 63.1 Å². The highest BCUT2D eigenvalue weighted by Crippen LogP contribution is 2.36. The van der Waals surface area contributed by atoms with E-state index in [2.05, 4.69) is 72.3 Å². The van der Waals surface area contributed by atoms with Crippen molar-refractivity contribution in [3.63, 3.8) is 0 Å². The SMILES string of the molecule is CCNC(c1ccccc1Br)c1ccc(C)c(C)c1OC. The summed E-state index contributed by atoms with van der Waals surface area (Å²) in [5.41, 5.74) is 4.85. The normalized spacial score (nSPS) is 12.2. The Balaban J connectivity index is 2.59. The molecule has 0 aliphatic carbocycles. The maximum absolute atomic E-state index is 5.69. The van der Waals surface area contributed by atoms with Gasteiger partial charge in [0.25, 0.3) is 0 Å². The van der Waals surface area contributed by atoms with Crippen LogP contribution in [0.3, 0.4) is 0 Å². The van der Waals surface area contributed by atoms with Crippen LogP contribution in [0.1, 0.15) is 35.2 Å². The van der Waals surface area contributed by atoms with Crippen LogP contribution in [0.25, 0.3) is 0 Å². The molecule has 0 amide bonds. The van der Waals surface area contributed by atoms with E-state index in [0.717, 1.165) is 16.8 Å². The van der Waals surface area contributed by atoms with Crippen LogP contribution in [0.15, 0.2) is 40.9 Å². The van der Waals surface area contributed by atoms with E-state index in [4.69, 9.17) is 4.74 Å². The van der Waals surface area contributed by atoms with Gasteiger partial charge < -0.3 is 10.1 Å². The van der Waals surface area contributed by atoms with Crippen LogP contribution in [0.5, 0.6) is 5.75 Å². The van der Waals surface area contributed by atoms with E-state index in [1.54, 1.807) is 7.11 Å². The first-order valence-corrected chi connectivity index (χ1v) is 8.01.